The van der Waals surface area contributed by atoms with Crippen molar-refractivity contribution in [3.05, 3.63) is 39.8 Å². The molecule has 0 bridgehead atoms. The molecule has 0 spiro atoms. The summed E-state index contributed by atoms with van der Waals surface area (Å²) in [7, 11) is 0. The molecule has 2 aromatic rings. The van der Waals surface area contributed by atoms with Crippen LogP contribution in [0, 0.1) is 0 Å². The van der Waals surface area contributed by atoms with Crippen molar-refractivity contribution in [1.29, 1.82) is 0 Å². The van der Waals surface area contributed by atoms with Crippen LogP contribution in [0.4, 0.5) is 0 Å². The second-order valence-corrected chi connectivity index (χ2v) is 6.89. The molecule has 0 radical (unpaired) electrons. The van der Waals surface area contributed by atoms with E-state index in [1.54, 1.807) is 11.3 Å². The minimum Gasteiger partial charge on any atom is -0.480 e. The molecule has 0 amide bonds. The van der Waals surface area contributed by atoms with Gasteiger partial charge in [-0.25, -0.2) is 4.98 Å². The lowest BCUT2D eigenvalue weighted by atomic mass is 10.2. The molecule has 21 heavy (non-hydrogen) atoms. The molecule has 110 valence electrons. The van der Waals surface area contributed by atoms with E-state index in [0.717, 1.165) is 40.1 Å². The fraction of sp³-hybridized carbons (Fsp3) is 0.333. The zero-order chi connectivity index (χ0) is 14.8. The minimum absolute atomic E-state index is 0.360. The Hall–Kier alpha value is -1.24. The van der Waals surface area contributed by atoms with Gasteiger partial charge < -0.3 is 5.11 Å². The van der Waals surface area contributed by atoms with Gasteiger partial charge in [0.25, 0.3) is 0 Å². The van der Waals surface area contributed by atoms with Crippen molar-refractivity contribution in [2.24, 2.45) is 0 Å². The average molecular weight is 367 g/mol. The Bertz CT molecular complexity index is 659. The van der Waals surface area contributed by atoms with Gasteiger partial charge in [0.15, 0.2) is 0 Å². The second kappa shape index (κ2) is 6.25. The van der Waals surface area contributed by atoms with E-state index in [2.05, 4.69) is 20.9 Å². The van der Waals surface area contributed by atoms with Crippen LogP contribution >= 0.6 is 27.3 Å². The predicted molar refractivity (Wildman–Crippen MR) is 86.3 cm³/mol. The van der Waals surface area contributed by atoms with Crippen molar-refractivity contribution < 1.29 is 9.90 Å². The predicted octanol–water partition coefficient (Wildman–Crippen LogP) is 3.62. The summed E-state index contributed by atoms with van der Waals surface area (Å²) in [6, 6.07) is 7.68. The Morgan fingerprint density at radius 1 is 1.52 bits per heavy atom. The molecule has 3 rings (SSSR count). The molecule has 0 aliphatic carbocycles. The van der Waals surface area contributed by atoms with Crippen molar-refractivity contribution >= 4 is 33.2 Å². The Morgan fingerprint density at radius 3 is 3.14 bits per heavy atom. The highest BCUT2D eigenvalue weighted by atomic mass is 79.9. The van der Waals surface area contributed by atoms with Gasteiger partial charge in [-0.1, -0.05) is 28.1 Å². The van der Waals surface area contributed by atoms with Crippen molar-refractivity contribution in [3.63, 3.8) is 0 Å². The number of rotatable bonds is 4. The molecule has 1 atom stereocenters. The van der Waals surface area contributed by atoms with Gasteiger partial charge in [0.1, 0.15) is 11.0 Å². The fourth-order valence-corrected chi connectivity index (χ4v) is 3.84. The normalized spacial score (nSPS) is 19.0. The molecule has 1 aliphatic heterocycles. The van der Waals surface area contributed by atoms with E-state index in [9.17, 15) is 9.90 Å². The number of aromatic nitrogens is 1. The monoisotopic (exact) mass is 366 g/mol. The van der Waals surface area contributed by atoms with Crippen LogP contribution in [0.3, 0.4) is 0 Å². The molecule has 1 aromatic heterocycles. The number of likely N-dealkylation sites (tertiary alicyclic amines) is 1. The summed E-state index contributed by atoms with van der Waals surface area (Å²) in [4.78, 5) is 17.8. The van der Waals surface area contributed by atoms with Gasteiger partial charge in [0.05, 0.1) is 5.69 Å². The first-order chi connectivity index (χ1) is 10.1. The summed E-state index contributed by atoms with van der Waals surface area (Å²) in [5.74, 6) is -0.727. The summed E-state index contributed by atoms with van der Waals surface area (Å²) in [6.07, 6.45) is 1.68. The van der Waals surface area contributed by atoms with Crippen LogP contribution < -0.4 is 0 Å². The molecule has 1 aromatic carbocycles. The number of halogens is 1. The van der Waals surface area contributed by atoms with E-state index in [4.69, 9.17) is 0 Å². The number of carboxylic acids is 1. The molecular weight excluding hydrogens is 352 g/mol. The molecule has 1 fully saturated rings. The van der Waals surface area contributed by atoms with Gasteiger partial charge in [0, 0.05) is 22.0 Å². The van der Waals surface area contributed by atoms with Crippen LogP contribution in [0.1, 0.15) is 18.5 Å². The van der Waals surface area contributed by atoms with Crippen molar-refractivity contribution in [2.45, 2.75) is 25.4 Å². The lowest BCUT2D eigenvalue weighted by Gasteiger charge is -2.19. The van der Waals surface area contributed by atoms with E-state index < -0.39 is 5.97 Å². The Morgan fingerprint density at radius 2 is 2.38 bits per heavy atom. The number of hydrogen-bond acceptors (Lipinski definition) is 4. The zero-order valence-electron chi connectivity index (χ0n) is 11.3. The smallest absolute Gasteiger partial charge is 0.320 e. The maximum atomic E-state index is 11.2. The van der Waals surface area contributed by atoms with Crippen molar-refractivity contribution in [1.82, 2.24) is 9.88 Å². The van der Waals surface area contributed by atoms with E-state index >= 15 is 0 Å². The molecule has 6 heteroatoms. The van der Waals surface area contributed by atoms with Crippen molar-refractivity contribution in [2.75, 3.05) is 6.54 Å². The highest BCUT2D eigenvalue weighted by Gasteiger charge is 2.30. The number of hydrogen-bond donors (Lipinski definition) is 1. The molecule has 0 saturated carbocycles. The molecular formula is C15H15BrN2O2S. The molecule has 1 saturated heterocycles. The van der Waals surface area contributed by atoms with Crippen LogP contribution in [0.5, 0.6) is 0 Å². The first kappa shape index (κ1) is 14.7. The largest absolute Gasteiger partial charge is 0.480 e. The highest BCUT2D eigenvalue weighted by Crippen LogP contribution is 2.28. The Kier molecular flexibility index (Phi) is 4.37. The number of carboxylic acid groups (broad SMARTS) is 1. The van der Waals surface area contributed by atoms with Gasteiger partial charge in [-0.3, -0.25) is 9.69 Å². The maximum Gasteiger partial charge on any atom is 0.320 e. The third kappa shape index (κ3) is 3.33. The number of aliphatic carboxylic acids is 1. The van der Waals surface area contributed by atoms with Gasteiger partial charge in [0.2, 0.25) is 0 Å². The van der Waals surface area contributed by atoms with E-state index in [0.29, 0.717) is 6.54 Å². The highest BCUT2D eigenvalue weighted by molar-refractivity contribution is 9.10. The van der Waals surface area contributed by atoms with E-state index in [1.807, 2.05) is 34.5 Å². The molecule has 1 N–H and O–H groups in total. The number of nitrogens with zero attached hydrogens (tertiary/aromatic N) is 2. The average Bonchev–Trinajstić information content (AvgIpc) is 3.08. The van der Waals surface area contributed by atoms with Crippen LogP contribution in [-0.4, -0.2) is 33.5 Å². The number of benzene rings is 1. The Labute approximate surface area is 135 Å². The van der Waals surface area contributed by atoms with Crippen LogP contribution in [0.25, 0.3) is 10.6 Å². The van der Waals surface area contributed by atoms with Gasteiger partial charge in [-0.15, -0.1) is 11.3 Å². The topological polar surface area (TPSA) is 53.4 Å². The lowest BCUT2D eigenvalue weighted by molar-refractivity contribution is -0.142. The third-order valence-electron chi connectivity index (χ3n) is 3.64. The maximum absolute atomic E-state index is 11.2. The van der Waals surface area contributed by atoms with Gasteiger partial charge in [-0.2, -0.15) is 0 Å². The quantitative estimate of drug-likeness (QED) is 0.897. The SMILES string of the molecule is O=C(O)C1CCCN1Cc1csc(-c2cccc(Br)c2)n1. The van der Waals surface area contributed by atoms with E-state index in [-0.39, 0.29) is 6.04 Å². The standard InChI is InChI=1S/C15H15BrN2O2S/c16-11-4-1-3-10(7-11)14-17-12(9-21-14)8-18-6-2-5-13(18)15(19)20/h1,3-4,7,9,13H,2,5-6,8H2,(H,19,20). The third-order valence-corrected chi connectivity index (χ3v) is 5.07. The Balaban J connectivity index is 1.75. The second-order valence-electron chi connectivity index (χ2n) is 5.12. The van der Waals surface area contributed by atoms with Crippen LogP contribution in [0.15, 0.2) is 34.1 Å². The molecule has 2 heterocycles. The van der Waals surface area contributed by atoms with Crippen LogP contribution in [0.2, 0.25) is 0 Å². The summed E-state index contributed by atoms with van der Waals surface area (Å²) in [5.41, 5.74) is 2.03. The minimum atomic E-state index is -0.727. The molecule has 4 nitrogen and oxygen atoms in total. The van der Waals surface area contributed by atoms with Gasteiger partial charge in [-0.05, 0) is 31.5 Å². The molecule has 1 unspecified atom stereocenters. The summed E-state index contributed by atoms with van der Waals surface area (Å²) >= 11 is 5.06. The van der Waals surface area contributed by atoms with Gasteiger partial charge >= 0.3 is 5.97 Å². The molecule has 1 aliphatic rings. The first-order valence-electron chi connectivity index (χ1n) is 6.80. The van der Waals surface area contributed by atoms with E-state index in [1.165, 1.54) is 0 Å². The summed E-state index contributed by atoms with van der Waals surface area (Å²) in [6.45, 7) is 1.45. The zero-order valence-corrected chi connectivity index (χ0v) is 13.7. The summed E-state index contributed by atoms with van der Waals surface area (Å²) in [5, 5.41) is 12.2. The lowest BCUT2D eigenvalue weighted by Crippen LogP contribution is -2.35. The number of carbonyl (C=O) groups is 1. The number of thiazole rings is 1. The first-order valence-corrected chi connectivity index (χ1v) is 8.48. The van der Waals surface area contributed by atoms with Crippen LogP contribution in [-0.2, 0) is 11.3 Å². The fourth-order valence-electron chi connectivity index (χ4n) is 2.64. The summed E-state index contributed by atoms with van der Waals surface area (Å²) < 4.78 is 1.03. The van der Waals surface area contributed by atoms with Crippen molar-refractivity contribution in [3.8, 4) is 10.6 Å².